The number of nitrogens with zero attached hydrogens (tertiary/aromatic N) is 3. The van der Waals surface area contributed by atoms with Crippen molar-refractivity contribution >= 4 is 27.3 Å². The number of sulfonamides is 1. The van der Waals surface area contributed by atoms with Crippen LogP contribution < -0.4 is 4.72 Å². The Balaban J connectivity index is 1.13. The molecule has 7 nitrogen and oxygen atoms in total. The van der Waals surface area contributed by atoms with Crippen LogP contribution in [0.15, 0.2) is 102 Å². The Hall–Kier alpha value is -3.75. The summed E-state index contributed by atoms with van der Waals surface area (Å²) < 4.78 is 28.8. The first kappa shape index (κ1) is 31.7. The predicted molar refractivity (Wildman–Crippen MR) is 180 cm³/mol. The minimum Gasteiger partial charge on any atom is -0.336 e. The summed E-state index contributed by atoms with van der Waals surface area (Å²) in [5.41, 5.74) is 4.54. The molecule has 0 aromatic heterocycles. The summed E-state index contributed by atoms with van der Waals surface area (Å²) in [6.45, 7) is 16.0. The van der Waals surface area contributed by atoms with Crippen molar-refractivity contribution in [2.24, 2.45) is 10.9 Å². The van der Waals surface area contributed by atoms with Crippen molar-refractivity contribution < 1.29 is 13.2 Å². The smallest absolute Gasteiger partial charge is 0.264 e. The maximum absolute atomic E-state index is 13.2. The number of carbonyl (C=O) groups excluding carboxylic acids is 1. The molecule has 44 heavy (non-hydrogen) atoms. The van der Waals surface area contributed by atoms with E-state index in [-0.39, 0.29) is 21.9 Å². The van der Waals surface area contributed by atoms with Crippen LogP contribution in [0.25, 0.3) is 0 Å². The van der Waals surface area contributed by atoms with E-state index in [9.17, 15) is 13.2 Å². The van der Waals surface area contributed by atoms with Crippen LogP contribution >= 0.6 is 0 Å². The third kappa shape index (κ3) is 7.48. The number of allylic oxidation sites excluding steroid dienone is 5. The van der Waals surface area contributed by atoms with Crippen LogP contribution in [0.2, 0.25) is 0 Å². The summed E-state index contributed by atoms with van der Waals surface area (Å²) in [5.74, 6) is 0.814. The van der Waals surface area contributed by atoms with Gasteiger partial charge in [0.15, 0.2) is 0 Å². The summed E-state index contributed by atoms with van der Waals surface area (Å²) >= 11 is 0. The summed E-state index contributed by atoms with van der Waals surface area (Å²) in [6.07, 6.45) is 12.9. The number of hydrogen-bond acceptors (Lipinski definition) is 5. The number of amides is 1. The standard InChI is InChI=1S/C36H44N4O3S/c1-5-37-34-27(2)9-8-12-33(34)44(42,43)38-32-19-15-30(16-20-32)35(41)40-23-21-39(22-24-40)26-29-13-17-31(18-14-29)36(3,4)25-28-10-6-7-11-28/h5,8-9,12-20,28,38H,1-2,6-7,10-11,21-26H2,3-4H3. The van der Waals surface area contributed by atoms with E-state index in [1.54, 1.807) is 36.4 Å². The molecule has 0 bridgehead atoms. The summed E-state index contributed by atoms with van der Waals surface area (Å²) in [5, 5.41) is 0. The van der Waals surface area contributed by atoms with E-state index in [2.05, 4.69) is 65.9 Å². The summed E-state index contributed by atoms with van der Waals surface area (Å²) in [7, 11) is -3.92. The van der Waals surface area contributed by atoms with Gasteiger partial charge >= 0.3 is 0 Å². The number of aliphatic imine (C=N–C) groups is 1. The van der Waals surface area contributed by atoms with E-state index in [1.165, 1.54) is 55.5 Å². The zero-order valence-electron chi connectivity index (χ0n) is 26.0. The van der Waals surface area contributed by atoms with Crippen molar-refractivity contribution in [3.63, 3.8) is 0 Å². The average Bonchev–Trinajstić information content (AvgIpc) is 3.51. The highest BCUT2D eigenvalue weighted by Gasteiger charge is 2.28. The van der Waals surface area contributed by atoms with Gasteiger partial charge in [-0.2, -0.15) is 0 Å². The minimum atomic E-state index is -3.92. The highest BCUT2D eigenvalue weighted by atomic mass is 32.2. The summed E-state index contributed by atoms with van der Waals surface area (Å²) in [4.78, 5) is 21.6. The predicted octanol–water partition coefficient (Wildman–Crippen LogP) is 6.84. The highest BCUT2D eigenvalue weighted by Crippen LogP contribution is 2.37. The molecule has 1 saturated carbocycles. The third-order valence-electron chi connectivity index (χ3n) is 9.05. The van der Waals surface area contributed by atoms with Crippen molar-refractivity contribution in [3.8, 4) is 0 Å². The Morgan fingerprint density at radius 3 is 2.32 bits per heavy atom. The Bertz CT molecular complexity index is 1570. The van der Waals surface area contributed by atoms with E-state index < -0.39 is 10.0 Å². The Morgan fingerprint density at radius 1 is 1.02 bits per heavy atom. The monoisotopic (exact) mass is 612 g/mol. The molecule has 2 aliphatic carbocycles. The van der Waals surface area contributed by atoms with E-state index in [0.29, 0.717) is 29.9 Å². The fourth-order valence-corrected chi connectivity index (χ4v) is 7.83. The molecule has 1 heterocycles. The number of carbonyl (C=O) groups is 1. The molecule has 1 aliphatic heterocycles. The van der Waals surface area contributed by atoms with Crippen molar-refractivity contribution in [1.29, 1.82) is 0 Å². The lowest BCUT2D eigenvalue weighted by Crippen LogP contribution is -2.48. The van der Waals surface area contributed by atoms with Crippen LogP contribution in [0, 0.1) is 5.92 Å². The number of nitrogens with one attached hydrogen (secondary N) is 1. The van der Waals surface area contributed by atoms with Gasteiger partial charge in [0.1, 0.15) is 4.91 Å². The molecule has 8 heteroatoms. The topological polar surface area (TPSA) is 82.1 Å². The fourth-order valence-electron chi connectivity index (χ4n) is 6.58. The lowest BCUT2D eigenvalue weighted by molar-refractivity contribution is 0.0628. The fraction of sp³-hybridized carbons (Fsp3) is 0.389. The van der Waals surface area contributed by atoms with Gasteiger partial charge in [0.05, 0.1) is 5.71 Å². The molecule has 2 aromatic carbocycles. The van der Waals surface area contributed by atoms with Crippen LogP contribution in [0.1, 0.15) is 67.4 Å². The molecule has 2 fully saturated rings. The first-order valence-electron chi connectivity index (χ1n) is 15.6. The number of hydrogen-bond donors (Lipinski definition) is 1. The first-order chi connectivity index (χ1) is 21.1. The molecule has 2 aromatic rings. The molecular formula is C36H44N4O3S. The van der Waals surface area contributed by atoms with Crippen LogP contribution in [-0.4, -0.2) is 56.0 Å². The van der Waals surface area contributed by atoms with Crippen molar-refractivity contribution in [3.05, 3.63) is 113 Å². The SMILES string of the molecule is C=CN=C1C(=C)C=CC=C1S(=O)(=O)Nc1ccc(C(=O)N2CCN(Cc3ccc(C(C)(C)CC4CCCC4)cc3)CC2)cc1. The largest absolute Gasteiger partial charge is 0.336 e. The van der Waals surface area contributed by atoms with Crippen molar-refractivity contribution in [2.45, 2.75) is 57.9 Å². The van der Waals surface area contributed by atoms with Gasteiger partial charge < -0.3 is 4.90 Å². The van der Waals surface area contributed by atoms with Crippen LogP contribution in [0.4, 0.5) is 5.69 Å². The number of anilines is 1. The van der Waals surface area contributed by atoms with E-state index in [4.69, 9.17) is 0 Å². The highest BCUT2D eigenvalue weighted by molar-refractivity contribution is 7.97. The second-order valence-corrected chi connectivity index (χ2v) is 14.4. The maximum Gasteiger partial charge on any atom is 0.264 e. The van der Waals surface area contributed by atoms with Crippen molar-refractivity contribution in [2.75, 3.05) is 30.9 Å². The molecular weight excluding hydrogens is 568 g/mol. The minimum absolute atomic E-state index is 0.0158. The van der Waals surface area contributed by atoms with Crippen LogP contribution in [-0.2, 0) is 22.0 Å². The van der Waals surface area contributed by atoms with E-state index in [0.717, 1.165) is 25.6 Å². The number of benzene rings is 2. The Morgan fingerprint density at radius 2 is 1.68 bits per heavy atom. The molecule has 1 saturated heterocycles. The average molecular weight is 613 g/mol. The molecule has 1 N–H and O–H groups in total. The van der Waals surface area contributed by atoms with Gasteiger partial charge in [0, 0.05) is 50.2 Å². The molecule has 0 atom stereocenters. The lowest BCUT2D eigenvalue weighted by atomic mass is 9.76. The van der Waals surface area contributed by atoms with E-state index >= 15 is 0 Å². The maximum atomic E-state index is 13.2. The van der Waals surface area contributed by atoms with Crippen LogP contribution in [0.5, 0.6) is 0 Å². The molecule has 1 amide bonds. The van der Waals surface area contributed by atoms with Crippen LogP contribution in [0.3, 0.4) is 0 Å². The number of rotatable bonds is 10. The number of piperazine rings is 1. The zero-order chi connectivity index (χ0) is 31.3. The third-order valence-corrected chi connectivity index (χ3v) is 10.5. The van der Waals surface area contributed by atoms with Crippen molar-refractivity contribution in [1.82, 2.24) is 9.80 Å². The van der Waals surface area contributed by atoms with Gasteiger partial charge in [-0.3, -0.25) is 19.4 Å². The Labute approximate surface area is 262 Å². The van der Waals surface area contributed by atoms with Gasteiger partial charge in [0.25, 0.3) is 15.9 Å². The van der Waals surface area contributed by atoms with Gasteiger partial charge in [0.2, 0.25) is 0 Å². The summed E-state index contributed by atoms with van der Waals surface area (Å²) in [6, 6.07) is 15.7. The van der Waals surface area contributed by atoms with Gasteiger partial charge in [-0.1, -0.05) is 89.1 Å². The molecule has 0 radical (unpaired) electrons. The molecule has 3 aliphatic rings. The normalized spacial score (nSPS) is 19.3. The van der Waals surface area contributed by atoms with Gasteiger partial charge in [-0.15, -0.1) is 0 Å². The molecule has 0 spiro atoms. The second kappa shape index (κ2) is 13.5. The molecule has 0 unspecified atom stereocenters. The molecule has 232 valence electrons. The van der Waals surface area contributed by atoms with Gasteiger partial charge in [-0.05, 0) is 64.8 Å². The second-order valence-electron chi connectivity index (χ2n) is 12.8. The zero-order valence-corrected chi connectivity index (χ0v) is 26.8. The Kier molecular flexibility index (Phi) is 9.71. The molecule has 5 rings (SSSR count). The quantitative estimate of drug-likeness (QED) is 0.319. The van der Waals surface area contributed by atoms with Gasteiger partial charge in [-0.25, -0.2) is 8.42 Å². The lowest BCUT2D eigenvalue weighted by Gasteiger charge is -2.35. The van der Waals surface area contributed by atoms with E-state index in [1.807, 2.05) is 4.90 Å². The first-order valence-corrected chi connectivity index (χ1v) is 17.0.